The fourth-order valence-corrected chi connectivity index (χ4v) is 1.84. The molecule has 4 nitrogen and oxygen atoms in total. The molecule has 0 unspecified atom stereocenters. The summed E-state index contributed by atoms with van der Waals surface area (Å²) in [6.07, 6.45) is 4.29. The lowest BCUT2D eigenvalue weighted by atomic mass is 10.5. The van der Waals surface area contributed by atoms with Gasteiger partial charge in [-0.3, -0.25) is 0 Å². The molecule has 0 radical (unpaired) electrons. The molecular formula is C9H14N4S. The highest BCUT2D eigenvalue weighted by Gasteiger charge is 2.21. The Labute approximate surface area is 87.3 Å². The second-order valence-electron chi connectivity index (χ2n) is 3.47. The Balaban J connectivity index is 1.84. The Hall–Kier alpha value is -1.10. The fourth-order valence-electron chi connectivity index (χ4n) is 1.12. The van der Waals surface area contributed by atoms with E-state index < -0.39 is 0 Å². The Morgan fingerprint density at radius 3 is 3.14 bits per heavy atom. The van der Waals surface area contributed by atoms with Crippen LogP contribution in [0.2, 0.25) is 0 Å². The van der Waals surface area contributed by atoms with Gasteiger partial charge in [0.05, 0.1) is 11.6 Å². The summed E-state index contributed by atoms with van der Waals surface area (Å²) in [5, 5.41) is 4.22. The molecule has 0 atom stereocenters. The Bertz CT molecular complexity index is 340. The third kappa shape index (κ3) is 2.70. The molecule has 1 saturated carbocycles. The minimum absolute atomic E-state index is 0.554. The lowest BCUT2D eigenvalue weighted by molar-refractivity contribution is 0.881. The summed E-state index contributed by atoms with van der Waals surface area (Å²) < 4.78 is 0. The molecule has 76 valence electrons. The van der Waals surface area contributed by atoms with Gasteiger partial charge in [-0.15, -0.1) is 11.3 Å². The highest BCUT2D eigenvalue weighted by atomic mass is 32.1. The fraction of sp³-hybridized carbons (Fsp3) is 0.556. The summed E-state index contributed by atoms with van der Waals surface area (Å²) in [7, 11) is 0. The van der Waals surface area contributed by atoms with Crippen LogP contribution in [0.4, 0.5) is 0 Å². The number of nitrogens with one attached hydrogen (secondary N) is 1. The Kier molecular flexibility index (Phi) is 2.67. The maximum atomic E-state index is 5.69. The minimum Gasteiger partial charge on any atom is -0.370 e. The first-order valence-corrected chi connectivity index (χ1v) is 5.53. The monoisotopic (exact) mass is 210 g/mol. The van der Waals surface area contributed by atoms with Crippen LogP contribution in [0.1, 0.15) is 22.7 Å². The van der Waals surface area contributed by atoms with Crippen LogP contribution in [0.3, 0.4) is 0 Å². The minimum atomic E-state index is 0.554. The third-order valence-corrected chi connectivity index (χ3v) is 2.90. The van der Waals surface area contributed by atoms with E-state index in [-0.39, 0.29) is 0 Å². The number of hydrogen-bond acceptors (Lipinski definition) is 3. The van der Waals surface area contributed by atoms with Crippen molar-refractivity contribution in [3.05, 3.63) is 16.1 Å². The number of aryl methyl sites for hydroxylation is 1. The molecule has 3 N–H and O–H groups in total. The second-order valence-corrected chi connectivity index (χ2v) is 4.78. The average Bonchev–Trinajstić information content (AvgIpc) is 2.85. The molecule has 0 aromatic carbocycles. The van der Waals surface area contributed by atoms with Crippen LogP contribution in [-0.4, -0.2) is 17.0 Å². The maximum Gasteiger partial charge on any atom is 0.189 e. The van der Waals surface area contributed by atoms with E-state index in [9.17, 15) is 0 Å². The molecule has 1 heterocycles. The van der Waals surface area contributed by atoms with Crippen molar-refractivity contribution in [1.82, 2.24) is 10.3 Å². The molecule has 0 aliphatic heterocycles. The van der Waals surface area contributed by atoms with Crippen molar-refractivity contribution < 1.29 is 0 Å². The highest BCUT2D eigenvalue weighted by molar-refractivity contribution is 7.11. The Morgan fingerprint density at radius 2 is 2.57 bits per heavy atom. The topological polar surface area (TPSA) is 63.3 Å². The van der Waals surface area contributed by atoms with Crippen LogP contribution < -0.4 is 11.1 Å². The van der Waals surface area contributed by atoms with Gasteiger partial charge in [-0.2, -0.15) is 0 Å². The predicted octanol–water partition coefficient (Wildman–Crippen LogP) is 1.02. The van der Waals surface area contributed by atoms with E-state index in [1.165, 1.54) is 12.8 Å². The van der Waals surface area contributed by atoms with E-state index >= 15 is 0 Å². The van der Waals surface area contributed by atoms with Crippen molar-refractivity contribution in [2.75, 3.05) is 0 Å². The number of rotatable bonds is 3. The quantitative estimate of drug-likeness (QED) is 0.578. The van der Waals surface area contributed by atoms with Gasteiger partial charge in [-0.25, -0.2) is 9.98 Å². The number of aliphatic imine (C=N–C) groups is 1. The highest BCUT2D eigenvalue weighted by Crippen LogP contribution is 2.18. The number of hydrogen-bond donors (Lipinski definition) is 2. The number of aromatic nitrogens is 1. The van der Waals surface area contributed by atoms with Gasteiger partial charge in [-0.1, -0.05) is 0 Å². The lowest BCUT2D eigenvalue weighted by Crippen LogP contribution is -2.33. The molecule has 0 saturated heterocycles. The van der Waals surface area contributed by atoms with Crippen LogP contribution in [-0.2, 0) is 6.54 Å². The van der Waals surface area contributed by atoms with Crippen molar-refractivity contribution in [3.8, 4) is 0 Å². The van der Waals surface area contributed by atoms with Gasteiger partial charge in [0, 0.05) is 17.1 Å². The molecule has 0 bridgehead atoms. The van der Waals surface area contributed by atoms with Gasteiger partial charge in [-0.05, 0) is 19.8 Å². The van der Waals surface area contributed by atoms with Gasteiger partial charge >= 0.3 is 0 Å². The van der Waals surface area contributed by atoms with Crippen LogP contribution >= 0.6 is 11.3 Å². The van der Waals surface area contributed by atoms with Crippen LogP contribution in [0, 0.1) is 6.92 Å². The van der Waals surface area contributed by atoms with E-state index in [1.54, 1.807) is 11.3 Å². The van der Waals surface area contributed by atoms with Gasteiger partial charge in [0.2, 0.25) is 0 Å². The van der Waals surface area contributed by atoms with Crippen LogP contribution in [0.15, 0.2) is 11.2 Å². The van der Waals surface area contributed by atoms with Crippen molar-refractivity contribution in [1.29, 1.82) is 0 Å². The normalized spacial score (nSPS) is 17.1. The third-order valence-electron chi connectivity index (χ3n) is 2.00. The first-order valence-electron chi connectivity index (χ1n) is 4.72. The van der Waals surface area contributed by atoms with Gasteiger partial charge < -0.3 is 11.1 Å². The standard InChI is InChI=1S/C9H14N4S/c1-6-11-4-8(14-6)5-12-9(10)13-7-2-3-7/h4,7H,2-3,5H2,1H3,(H3,10,12,13). The number of nitrogens with two attached hydrogens (primary N) is 1. The summed E-state index contributed by atoms with van der Waals surface area (Å²) in [6.45, 7) is 2.63. The molecule has 1 aliphatic carbocycles. The number of nitrogens with zero attached hydrogens (tertiary/aromatic N) is 2. The molecule has 1 aromatic rings. The zero-order valence-electron chi connectivity index (χ0n) is 8.16. The summed E-state index contributed by atoms with van der Waals surface area (Å²) in [5.41, 5.74) is 5.69. The first kappa shape index (κ1) is 9.45. The molecule has 1 aromatic heterocycles. The van der Waals surface area contributed by atoms with Crippen molar-refractivity contribution in [3.63, 3.8) is 0 Å². The molecule has 1 aliphatic rings. The molecule has 0 spiro atoms. The van der Waals surface area contributed by atoms with Crippen molar-refractivity contribution in [2.45, 2.75) is 32.4 Å². The maximum absolute atomic E-state index is 5.69. The summed E-state index contributed by atoms with van der Waals surface area (Å²) in [4.78, 5) is 9.55. The van der Waals surface area contributed by atoms with Crippen LogP contribution in [0.25, 0.3) is 0 Å². The van der Waals surface area contributed by atoms with E-state index in [2.05, 4.69) is 15.3 Å². The zero-order chi connectivity index (χ0) is 9.97. The van der Waals surface area contributed by atoms with Gasteiger partial charge in [0.25, 0.3) is 0 Å². The van der Waals surface area contributed by atoms with Crippen LogP contribution in [0.5, 0.6) is 0 Å². The molecule has 5 heteroatoms. The average molecular weight is 210 g/mol. The number of guanidine groups is 1. The lowest BCUT2D eigenvalue weighted by Gasteiger charge is -2.01. The first-order chi connectivity index (χ1) is 6.74. The predicted molar refractivity (Wildman–Crippen MR) is 58.3 cm³/mol. The van der Waals surface area contributed by atoms with E-state index in [0.29, 0.717) is 18.5 Å². The molecule has 14 heavy (non-hydrogen) atoms. The summed E-state index contributed by atoms with van der Waals surface area (Å²) in [6, 6.07) is 0.571. The Morgan fingerprint density at radius 1 is 1.79 bits per heavy atom. The largest absolute Gasteiger partial charge is 0.370 e. The molecule has 1 fully saturated rings. The van der Waals surface area contributed by atoms with E-state index in [4.69, 9.17) is 5.73 Å². The smallest absolute Gasteiger partial charge is 0.189 e. The summed E-state index contributed by atoms with van der Waals surface area (Å²) >= 11 is 1.66. The number of thiazole rings is 1. The SMILES string of the molecule is Cc1ncc(CN=C(N)NC2CC2)s1. The molecular weight excluding hydrogens is 196 g/mol. The van der Waals surface area contributed by atoms with E-state index in [0.717, 1.165) is 9.88 Å². The van der Waals surface area contributed by atoms with E-state index in [1.807, 2.05) is 13.1 Å². The second kappa shape index (κ2) is 3.96. The van der Waals surface area contributed by atoms with Gasteiger partial charge in [0.1, 0.15) is 0 Å². The van der Waals surface area contributed by atoms with Gasteiger partial charge in [0.15, 0.2) is 5.96 Å². The van der Waals surface area contributed by atoms with Crippen molar-refractivity contribution >= 4 is 17.3 Å². The molecule has 0 amide bonds. The summed E-state index contributed by atoms with van der Waals surface area (Å²) in [5.74, 6) is 0.554. The zero-order valence-corrected chi connectivity index (χ0v) is 8.97. The van der Waals surface area contributed by atoms with Crippen molar-refractivity contribution in [2.24, 2.45) is 10.7 Å². The molecule has 2 rings (SSSR count).